The molecule has 3 aromatic carbocycles. The van der Waals surface area contributed by atoms with E-state index >= 15 is 0 Å². The summed E-state index contributed by atoms with van der Waals surface area (Å²) in [6.07, 6.45) is 4.02. The van der Waals surface area contributed by atoms with Gasteiger partial charge in [0.1, 0.15) is 30.3 Å². The summed E-state index contributed by atoms with van der Waals surface area (Å²) in [4.78, 5) is 70.2. The largest absolute Gasteiger partial charge is 0.488 e. The summed E-state index contributed by atoms with van der Waals surface area (Å²) >= 11 is 0. The number of methoxy groups -OCH3 is 4. The smallest absolute Gasteiger partial charge is 0.407 e. The number of amides is 4. The Morgan fingerprint density at radius 1 is 0.908 bits per heavy atom. The molecular weight excluding hydrogens is 831 g/mol. The number of nitrogens with zero attached hydrogens (tertiary/aromatic N) is 4. The minimum atomic E-state index is -0.929. The van der Waals surface area contributed by atoms with Crippen molar-refractivity contribution in [3.05, 3.63) is 65.6 Å². The fraction of sp³-hybridized carbons (Fsp3) is 0.510. The van der Waals surface area contributed by atoms with Gasteiger partial charge in [-0.05, 0) is 95.8 Å². The van der Waals surface area contributed by atoms with Crippen LogP contribution in [0.2, 0.25) is 0 Å². The quantitative estimate of drug-likeness (QED) is 0.116. The molecule has 1 unspecified atom stereocenters. The molecule has 4 aromatic rings. The van der Waals surface area contributed by atoms with Gasteiger partial charge in [0.25, 0.3) is 0 Å². The molecular formula is C49H61N7O9. The standard InChI is InChI=1S/C49H61N7O9/c1-9-26(3)43(53-48(59)63-7)47(58)56-27(4)11-16-39(56)45-50-22-38(52-45)30-12-14-32-31(18-30)25-65-42-21-33-29(19-35(32)42)13-15-36-34(33)20-37(51-36)40-17-28(24-61-5)23-55(40)46(57)44(41(10-2)62-6)54-49(60)64-8/h12-15,18-19,21-22,26-28,39-41,43-44H,9-11,16-17,20,23-25H2,1-8H3,(H,50,52)(H,53,59)(H,54,60)/t26-,27-,28-,39-,40-,41+,43?,44-/m0/s1. The highest BCUT2D eigenvalue weighted by molar-refractivity contribution is 6.06. The lowest BCUT2D eigenvalue weighted by molar-refractivity contribution is -0.138. The zero-order valence-electron chi connectivity index (χ0n) is 38.6. The fourth-order valence-electron chi connectivity index (χ4n) is 10.3. The second kappa shape index (κ2) is 19.2. The molecule has 65 heavy (non-hydrogen) atoms. The molecule has 5 heterocycles. The Balaban J connectivity index is 1.02. The Labute approximate surface area is 379 Å². The van der Waals surface area contributed by atoms with Gasteiger partial charge in [-0.3, -0.25) is 14.6 Å². The number of hydrogen-bond acceptors (Lipinski definition) is 11. The molecule has 0 bridgehead atoms. The van der Waals surface area contributed by atoms with Crippen molar-refractivity contribution in [3.8, 4) is 28.1 Å². The van der Waals surface area contributed by atoms with Crippen LogP contribution < -0.4 is 15.4 Å². The van der Waals surface area contributed by atoms with E-state index in [0.29, 0.717) is 44.8 Å². The molecule has 16 nitrogen and oxygen atoms in total. The van der Waals surface area contributed by atoms with E-state index in [4.69, 9.17) is 33.7 Å². The van der Waals surface area contributed by atoms with Crippen LogP contribution in [0.25, 0.3) is 33.2 Å². The third-order valence-electron chi connectivity index (χ3n) is 13.9. The number of aromatic nitrogens is 2. The predicted molar refractivity (Wildman–Crippen MR) is 245 cm³/mol. The summed E-state index contributed by atoms with van der Waals surface area (Å²) in [5.74, 6) is 1.14. The first-order chi connectivity index (χ1) is 31.4. The Hall–Kier alpha value is -6.00. The van der Waals surface area contributed by atoms with Gasteiger partial charge in [0.05, 0.1) is 56.6 Å². The number of hydrogen-bond donors (Lipinski definition) is 3. The van der Waals surface area contributed by atoms with E-state index in [1.807, 2.05) is 49.8 Å². The molecule has 8 rings (SSSR count). The number of imidazole rings is 1. The average molecular weight is 892 g/mol. The topological polar surface area (TPSA) is 186 Å². The minimum absolute atomic E-state index is 0.0202. The number of fused-ring (bicyclic) bond motifs is 6. The van der Waals surface area contributed by atoms with Gasteiger partial charge in [0, 0.05) is 50.4 Å². The molecule has 16 heteroatoms. The number of ether oxygens (including phenoxy) is 5. The van der Waals surface area contributed by atoms with Crippen LogP contribution >= 0.6 is 0 Å². The zero-order valence-corrected chi connectivity index (χ0v) is 38.6. The van der Waals surface area contributed by atoms with Gasteiger partial charge in [-0.2, -0.15) is 0 Å². The third kappa shape index (κ3) is 8.77. The van der Waals surface area contributed by atoms with E-state index in [0.717, 1.165) is 80.7 Å². The van der Waals surface area contributed by atoms with Crippen molar-refractivity contribution in [1.82, 2.24) is 30.4 Å². The molecule has 3 N–H and O–H groups in total. The number of aromatic amines is 1. The van der Waals surface area contributed by atoms with Gasteiger partial charge in [-0.25, -0.2) is 14.6 Å². The number of nitrogens with one attached hydrogen (secondary N) is 3. The maximum Gasteiger partial charge on any atom is 0.407 e. The van der Waals surface area contributed by atoms with Crippen LogP contribution in [-0.4, -0.2) is 121 Å². The summed E-state index contributed by atoms with van der Waals surface area (Å²) in [7, 11) is 5.78. The highest BCUT2D eigenvalue weighted by Crippen LogP contribution is 2.45. The van der Waals surface area contributed by atoms with E-state index in [2.05, 4.69) is 52.0 Å². The van der Waals surface area contributed by atoms with Crippen molar-refractivity contribution in [2.75, 3.05) is 41.6 Å². The number of H-pyrrole nitrogens is 1. The zero-order chi connectivity index (χ0) is 46.1. The third-order valence-corrected chi connectivity index (χ3v) is 13.9. The van der Waals surface area contributed by atoms with Crippen molar-refractivity contribution in [2.24, 2.45) is 16.8 Å². The van der Waals surface area contributed by atoms with Crippen LogP contribution in [-0.2, 0) is 41.6 Å². The highest BCUT2D eigenvalue weighted by Gasteiger charge is 2.45. The van der Waals surface area contributed by atoms with Crippen LogP contribution in [0.1, 0.15) is 82.8 Å². The number of carbonyl (C=O) groups excluding carboxylic acids is 4. The van der Waals surface area contributed by atoms with Gasteiger partial charge in [0.2, 0.25) is 11.8 Å². The molecule has 0 aliphatic carbocycles. The lowest BCUT2D eigenvalue weighted by atomic mass is 9.90. The van der Waals surface area contributed by atoms with Crippen molar-refractivity contribution < 1.29 is 42.9 Å². The molecule has 0 radical (unpaired) electrons. The van der Waals surface area contributed by atoms with Crippen LogP contribution in [0.4, 0.5) is 15.3 Å². The van der Waals surface area contributed by atoms with Crippen molar-refractivity contribution in [3.63, 3.8) is 0 Å². The van der Waals surface area contributed by atoms with E-state index in [1.54, 1.807) is 7.11 Å². The van der Waals surface area contributed by atoms with Crippen LogP contribution in [0.3, 0.4) is 0 Å². The highest BCUT2D eigenvalue weighted by atomic mass is 16.5. The molecule has 2 fully saturated rings. The predicted octanol–water partition coefficient (Wildman–Crippen LogP) is 7.25. The monoisotopic (exact) mass is 891 g/mol. The Kier molecular flexibility index (Phi) is 13.5. The Morgan fingerprint density at radius 2 is 1.68 bits per heavy atom. The summed E-state index contributed by atoms with van der Waals surface area (Å²) in [5, 5.41) is 7.62. The lowest BCUT2D eigenvalue weighted by Crippen LogP contribution is -2.56. The second-order valence-electron chi connectivity index (χ2n) is 17.8. The van der Waals surface area contributed by atoms with E-state index in [-0.39, 0.29) is 41.8 Å². The van der Waals surface area contributed by atoms with E-state index in [9.17, 15) is 19.2 Å². The van der Waals surface area contributed by atoms with E-state index in [1.165, 1.54) is 21.3 Å². The first-order valence-electron chi connectivity index (χ1n) is 22.7. The van der Waals surface area contributed by atoms with Gasteiger partial charge < -0.3 is 49.1 Å². The van der Waals surface area contributed by atoms with Crippen molar-refractivity contribution >= 4 is 46.2 Å². The molecule has 0 spiro atoms. The van der Waals surface area contributed by atoms with Crippen molar-refractivity contribution in [2.45, 2.75) is 109 Å². The summed E-state index contributed by atoms with van der Waals surface area (Å²) in [6.45, 7) is 9.26. The molecule has 4 aliphatic rings. The first-order valence-corrected chi connectivity index (χ1v) is 22.7. The number of benzene rings is 3. The van der Waals surface area contributed by atoms with Gasteiger partial charge in [-0.15, -0.1) is 0 Å². The van der Waals surface area contributed by atoms with Crippen LogP contribution in [0.15, 0.2) is 53.7 Å². The summed E-state index contributed by atoms with van der Waals surface area (Å²) < 4.78 is 27.4. The van der Waals surface area contributed by atoms with Gasteiger partial charge in [0.15, 0.2) is 0 Å². The lowest BCUT2D eigenvalue weighted by Gasteiger charge is -2.33. The molecule has 346 valence electrons. The average Bonchev–Trinajstić information content (AvgIpc) is 4.15. The van der Waals surface area contributed by atoms with Crippen LogP contribution in [0, 0.1) is 11.8 Å². The van der Waals surface area contributed by atoms with Crippen LogP contribution in [0.5, 0.6) is 5.75 Å². The molecule has 4 amide bonds. The maximum absolute atomic E-state index is 14.3. The minimum Gasteiger partial charge on any atom is -0.488 e. The fourth-order valence-corrected chi connectivity index (χ4v) is 10.3. The number of aliphatic imine (C=N–C) groups is 1. The molecule has 4 aliphatic heterocycles. The summed E-state index contributed by atoms with van der Waals surface area (Å²) in [6, 6.07) is 12.6. The molecule has 8 atom stereocenters. The first kappa shape index (κ1) is 45.6. The molecule has 1 aromatic heterocycles. The van der Waals surface area contributed by atoms with Crippen molar-refractivity contribution in [1.29, 1.82) is 0 Å². The molecule has 2 saturated heterocycles. The van der Waals surface area contributed by atoms with Gasteiger partial charge in [-0.1, -0.05) is 45.4 Å². The molecule has 0 saturated carbocycles. The normalized spacial score (nSPS) is 21.6. The Morgan fingerprint density at radius 3 is 2.38 bits per heavy atom. The maximum atomic E-state index is 14.3. The number of likely N-dealkylation sites (tertiary alicyclic amines) is 2. The SMILES string of the molecule is CC[C@H](C)C(NC(=O)OC)C(=O)N1[C@@H](C)CC[C@H]1c1ncc(-c2ccc3c(c2)COc2cc4c5c(ccc4cc2-3)N=C([C@@H]2C[C@H](COC)CN2C(=O)[C@@H](NC(=O)OC)[C@@H](CC)OC)C5)[nH]1. The number of carbonyl (C=O) groups is 4. The summed E-state index contributed by atoms with van der Waals surface area (Å²) in [5.41, 5.74) is 7.79. The number of rotatable bonds is 14. The Bertz CT molecular complexity index is 2480. The van der Waals surface area contributed by atoms with Gasteiger partial charge >= 0.3 is 12.2 Å². The second-order valence-corrected chi connectivity index (χ2v) is 17.8. The number of alkyl carbamates (subject to hydrolysis) is 2. The van der Waals surface area contributed by atoms with E-state index < -0.39 is 30.4 Å².